The van der Waals surface area contributed by atoms with Gasteiger partial charge in [0.1, 0.15) is 0 Å². The average Bonchev–Trinajstić information content (AvgIpc) is 1.21. The first kappa shape index (κ1) is 8.70. The fourth-order valence-corrected chi connectivity index (χ4v) is 5.45. The summed E-state index contributed by atoms with van der Waals surface area (Å²) in [6.45, 7) is 9.40. The van der Waals surface area contributed by atoms with Gasteiger partial charge in [-0.2, -0.15) is 0 Å². The van der Waals surface area contributed by atoms with Crippen LogP contribution in [-0.4, -0.2) is 12.9 Å². The predicted molar refractivity (Wildman–Crippen MR) is 46.5 cm³/mol. The van der Waals surface area contributed by atoms with Crippen molar-refractivity contribution < 1.29 is 0 Å². The van der Waals surface area contributed by atoms with Crippen LogP contribution in [0.5, 0.6) is 0 Å². The third-order valence-electron chi connectivity index (χ3n) is 0.894. The molecule has 0 saturated heterocycles. The molecule has 0 aromatic heterocycles. The molecule has 0 amide bonds. The maximum absolute atomic E-state index is 3.54. The molecule has 0 spiro atoms. The van der Waals surface area contributed by atoms with Gasteiger partial charge in [0.2, 0.25) is 0 Å². The third-order valence-corrected chi connectivity index (χ3v) is 3.65. The lowest BCUT2D eigenvalue weighted by Crippen LogP contribution is -2.22. The standard InChI is InChI=1S/C6H15BrSi/c1-6(7)5-8(2,3)4/h6H,5H2,1-4H3. The van der Waals surface area contributed by atoms with Gasteiger partial charge in [-0.05, 0) is 6.04 Å². The number of hydrogen-bond acceptors (Lipinski definition) is 0. The molecule has 0 fully saturated rings. The van der Waals surface area contributed by atoms with Crippen LogP contribution in [0.1, 0.15) is 6.92 Å². The van der Waals surface area contributed by atoms with Crippen LogP contribution in [0.4, 0.5) is 0 Å². The molecule has 1 unspecified atom stereocenters. The zero-order valence-electron chi connectivity index (χ0n) is 6.16. The van der Waals surface area contributed by atoms with Gasteiger partial charge in [0.15, 0.2) is 0 Å². The molecule has 1 atom stereocenters. The molecule has 8 heavy (non-hydrogen) atoms. The van der Waals surface area contributed by atoms with E-state index in [1.54, 1.807) is 0 Å². The summed E-state index contributed by atoms with van der Waals surface area (Å²) in [7, 11) is -0.767. The minimum atomic E-state index is -0.767. The summed E-state index contributed by atoms with van der Waals surface area (Å²) >= 11 is 3.54. The second kappa shape index (κ2) is 3.02. The first-order valence-electron chi connectivity index (χ1n) is 3.06. The van der Waals surface area contributed by atoms with Crippen molar-refractivity contribution in [3.05, 3.63) is 0 Å². The summed E-state index contributed by atoms with van der Waals surface area (Å²) < 4.78 is 0. The van der Waals surface area contributed by atoms with Gasteiger partial charge in [-0.3, -0.25) is 0 Å². The van der Waals surface area contributed by atoms with Crippen molar-refractivity contribution in [2.24, 2.45) is 0 Å². The second-order valence-electron chi connectivity index (χ2n) is 3.55. The van der Waals surface area contributed by atoms with Gasteiger partial charge >= 0.3 is 0 Å². The van der Waals surface area contributed by atoms with E-state index >= 15 is 0 Å². The summed E-state index contributed by atoms with van der Waals surface area (Å²) in [6.07, 6.45) is 0. The Morgan fingerprint density at radius 2 is 1.75 bits per heavy atom. The Bertz CT molecular complexity index is 63.4. The highest BCUT2D eigenvalue weighted by atomic mass is 79.9. The van der Waals surface area contributed by atoms with Crippen molar-refractivity contribution >= 4 is 24.0 Å². The van der Waals surface area contributed by atoms with E-state index in [9.17, 15) is 0 Å². The molecule has 0 aliphatic heterocycles. The Kier molecular flexibility index (Phi) is 3.28. The summed E-state index contributed by atoms with van der Waals surface area (Å²) in [5, 5.41) is 0. The fraction of sp³-hybridized carbons (Fsp3) is 1.00. The summed E-state index contributed by atoms with van der Waals surface area (Å²) in [6, 6.07) is 1.38. The zero-order chi connectivity index (χ0) is 6.78. The van der Waals surface area contributed by atoms with Crippen LogP contribution in [-0.2, 0) is 0 Å². The van der Waals surface area contributed by atoms with E-state index in [1.807, 2.05) is 0 Å². The Morgan fingerprint density at radius 1 is 1.38 bits per heavy atom. The number of hydrogen-bond donors (Lipinski definition) is 0. The molecule has 0 aliphatic rings. The van der Waals surface area contributed by atoms with Crippen molar-refractivity contribution in [2.45, 2.75) is 37.4 Å². The minimum Gasteiger partial charge on any atom is -0.0897 e. The first-order chi connectivity index (χ1) is 3.42. The van der Waals surface area contributed by atoms with Crippen molar-refractivity contribution in [3.63, 3.8) is 0 Å². The predicted octanol–water partition coefficient (Wildman–Crippen LogP) is 3.11. The number of halogens is 1. The van der Waals surface area contributed by atoms with Crippen LogP contribution in [0.2, 0.25) is 25.7 Å². The van der Waals surface area contributed by atoms with Crippen molar-refractivity contribution in [3.8, 4) is 0 Å². The van der Waals surface area contributed by atoms with Crippen molar-refractivity contribution in [1.29, 1.82) is 0 Å². The molecular weight excluding hydrogens is 180 g/mol. The van der Waals surface area contributed by atoms with Gasteiger partial charge in [0.05, 0.1) is 0 Å². The van der Waals surface area contributed by atoms with Gasteiger partial charge in [-0.1, -0.05) is 42.5 Å². The summed E-state index contributed by atoms with van der Waals surface area (Å²) in [4.78, 5) is 0.717. The molecule has 0 rings (SSSR count). The molecule has 0 radical (unpaired) electrons. The van der Waals surface area contributed by atoms with Gasteiger partial charge in [-0.25, -0.2) is 0 Å². The monoisotopic (exact) mass is 194 g/mol. The number of alkyl halides is 1. The van der Waals surface area contributed by atoms with E-state index in [1.165, 1.54) is 6.04 Å². The van der Waals surface area contributed by atoms with Crippen LogP contribution >= 0.6 is 15.9 Å². The molecule has 0 aromatic rings. The van der Waals surface area contributed by atoms with Crippen molar-refractivity contribution in [1.82, 2.24) is 0 Å². The first-order valence-corrected chi connectivity index (χ1v) is 7.68. The van der Waals surface area contributed by atoms with E-state index in [4.69, 9.17) is 0 Å². The fourth-order valence-electron chi connectivity index (χ4n) is 0.844. The Balaban J connectivity index is 3.39. The highest BCUT2D eigenvalue weighted by molar-refractivity contribution is 9.09. The molecule has 50 valence electrons. The van der Waals surface area contributed by atoms with Gasteiger partial charge in [0.25, 0.3) is 0 Å². The second-order valence-corrected chi connectivity index (χ2v) is 10.6. The highest BCUT2D eigenvalue weighted by Crippen LogP contribution is 2.15. The molecule has 0 nitrogen and oxygen atoms in total. The summed E-state index contributed by atoms with van der Waals surface area (Å²) in [5.74, 6) is 0. The lowest BCUT2D eigenvalue weighted by atomic mass is 10.6. The SMILES string of the molecule is CC(Br)C[Si](C)(C)C. The average molecular weight is 195 g/mol. The van der Waals surface area contributed by atoms with Gasteiger partial charge < -0.3 is 0 Å². The topological polar surface area (TPSA) is 0 Å². The summed E-state index contributed by atoms with van der Waals surface area (Å²) in [5.41, 5.74) is 0. The Hall–Kier alpha value is 0.697. The van der Waals surface area contributed by atoms with E-state index in [0.29, 0.717) is 4.83 Å². The third kappa shape index (κ3) is 6.70. The highest BCUT2D eigenvalue weighted by Gasteiger charge is 2.14. The maximum atomic E-state index is 3.54. The van der Waals surface area contributed by atoms with Gasteiger partial charge in [-0.15, -0.1) is 0 Å². The van der Waals surface area contributed by atoms with E-state index in [2.05, 4.69) is 42.5 Å². The van der Waals surface area contributed by atoms with E-state index in [-0.39, 0.29) is 0 Å². The molecule has 0 aromatic carbocycles. The van der Waals surface area contributed by atoms with Crippen molar-refractivity contribution in [2.75, 3.05) is 0 Å². The molecule has 0 bridgehead atoms. The molecule has 0 N–H and O–H groups in total. The number of rotatable bonds is 2. The van der Waals surface area contributed by atoms with Gasteiger partial charge in [0, 0.05) is 12.9 Å². The minimum absolute atomic E-state index is 0.717. The van der Waals surface area contributed by atoms with E-state index < -0.39 is 8.07 Å². The van der Waals surface area contributed by atoms with Crippen LogP contribution in [0, 0.1) is 0 Å². The zero-order valence-corrected chi connectivity index (χ0v) is 8.75. The smallest absolute Gasteiger partial charge is 0.0453 e. The molecule has 0 saturated carbocycles. The normalized spacial score (nSPS) is 16.1. The molecule has 0 aliphatic carbocycles. The lowest BCUT2D eigenvalue weighted by Gasteiger charge is -2.16. The van der Waals surface area contributed by atoms with Crippen LogP contribution in [0.25, 0.3) is 0 Å². The quantitative estimate of drug-likeness (QED) is 0.469. The molecular formula is C6H15BrSi. The molecule has 0 heterocycles. The lowest BCUT2D eigenvalue weighted by molar-refractivity contribution is 1.09. The molecule has 2 heteroatoms. The van der Waals surface area contributed by atoms with E-state index in [0.717, 1.165) is 0 Å². The maximum Gasteiger partial charge on any atom is 0.0453 e. The van der Waals surface area contributed by atoms with Crippen LogP contribution in [0.15, 0.2) is 0 Å². The largest absolute Gasteiger partial charge is 0.0897 e. The Morgan fingerprint density at radius 3 is 1.75 bits per heavy atom. The van der Waals surface area contributed by atoms with Crippen LogP contribution < -0.4 is 0 Å². The van der Waals surface area contributed by atoms with Crippen LogP contribution in [0.3, 0.4) is 0 Å². The Labute approximate surface area is 61.8 Å².